The lowest BCUT2D eigenvalue weighted by molar-refractivity contribution is 0.660. The molecule has 0 aromatic heterocycles. The van der Waals surface area contributed by atoms with Gasteiger partial charge in [-0.05, 0) is 110 Å². The maximum Gasteiger partial charge on any atom is 0.0464 e. The van der Waals surface area contributed by atoms with E-state index in [4.69, 9.17) is 0 Å². The first kappa shape index (κ1) is 32.3. The molecule has 8 aromatic carbocycles. The third kappa shape index (κ3) is 6.19. The van der Waals surface area contributed by atoms with Crippen molar-refractivity contribution in [1.82, 2.24) is 0 Å². The Kier molecular flexibility index (Phi) is 8.21. The van der Waals surface area contributed by atoms with E-state index in [0.717, 1.165) is 45.0 Å². The summed E-state index contributed by atoms with van der Waals surface area (Å²) in [6.45, 7) is 4.70. The molecular formula is C51H40N2. The molecule has 8 aromatic rings. The molecule has 0 radical (unpaired) electrons. The molecule has 0 spiro atoms. The van der Waals surface area contributed by atoms with Crippen molar-refractivity contribution in [2.24, 2.45) is 0 Å². The van der Waals surface area contributed by atoms with Crippen molar-refractivity contribution in [1.29, 1.82) is 0 Å². The molecule has 0 fully saturated rings. The number of hydrogen-bond donors (Lipinski definition) is 2. The normalized spacial score (nSPS) is 12.5. The molecule has 53 heavy (non-hydrogen) atoms. The van der Waals surface area contributed by atoms with Crippen LogP contribution in [0.3, 0.4) is 0 Å². The first-order valence-corrected chi connectivity index (χ1v) is 18.3. The molecule has 1 aliphatic carbocycles. The summed E-state index contributed by atoms with van der Waals surface area (Å²) in [5.41, 5.74) is 19.0. The molecule has 2 nitrogen and oxygen atoms in total. The second-order valence-corrected chi connectivity index (χ2v) is 14.4. The van der Waals surface area contributed by atoms with Gasteiger partial charge in [0.15, 0.2) is 0 Å². The highest BCUT2D eigenvalue weighted by Gasteiger charge is 2.35. The standard InChI is InChI=1S/C51H40N2/c1-51(2)47-24-13-12-23-43(47)44-28-25-40(34-48(44)51)46-33-39(27-30-50(46)53-42-22-14-19-37(31-42)35-15-6-3-7-16-35)38-26-29-49(52-41-20-10-5-11-21-41)45(32-38)36-17-8-4-9-18-36/h3-34,52-53H,1-2H3. The van der Waals surface area contributed by atoms with Gasteiger partial charge in [0, 0.05) is 39.3 Å². The summed E-state index contributed by atoms with van der Waals surface area (Å²) in [6, 6.07) is 69.8. The van der Waals surface area contributed by atoms with Crippen molar-refractivity contribution < 1.29 is 0 Å². The van der Waals surface area contributed by atoms with Crippen molar-refractivity contribution in [3.8, 4) is 55.6 Å². The van der Waals surface area contributed by atoms with Gasteiger partial charge in [-0.2, -0.15) is 0 Å². The van der Waals surface area contributed by atoms with Crippen LogP contribution >= 0.6 is 0 Å². The molecule has 254 valence electrons. The van der Waals surface area contributed by atoms with E-state index in [1.807, 2.05) is 6.07 Å². The Balaban J connectivity index is 1.17. The average Bonchev–Trinajstić information content (AvgIpc) is 3.45. The average molecular weight is 681 g/mol. The summed E-state index contributed by atoms with van der Waals surface area (Å²) < 4.78 is 0. The van der Waals surface area contributed by atoms with E-state index in [2.05, 4.69) is 213 Å². The highest BCUT2D eigenvalue weighted by atomic mass is 14.9. The molecule has 1 aliphatic rings. The van der Waals surface area contributed by atoms with E-state index >= 15 is 0 Å². The lowest BCUT2D eigenvalue weighted by atomic mass is 9.81. The Hall–Kier alpha value is -6.64. The van der Waals surface area contributed by atoms with Crippen molar-refractivity contribution in [3.05, 3.63) is 205 Å². The van der Waals surface area contributed by atoms with Crippen LogP contribution in [-0.2, 0) is 5.41 Å². The van der Waals surface area contributed by atoms with Gasteiger partial charge in [-0.15, -0.1) is 0 Å². The molecule has 0 bridgehead atoms. The van der Waals surface area contributed by atoms with Gasteiger partial charge >= 0.3 is 0 Å². The molecule has 0 atom stereocenters. The summed E-state index contributed by atoms with van der Waals surface area (Å²) in [7, 11) is 0. The predicted molar refractivity (Wildman–Crippen MR) is 225 cm³/mol. The van der Waals surface area contributed by atoms with Crippen LogP contribution in [0.2, 0.25) is 0 Å². The molecular weight excluding hydrogens is 641 g/mol. The number of hydrogen-bond acceptors (Lipinski definition) is 2. The van der Waals surface area contributed by atoms with Gasteiger partial charge in [-0.25, -0.2) is 0 Å². The Morgan fingerprint density at radius 2 is 0.792 bits per heavy atom. The molecule has 2 N–H and O–H groups in total. The summed E-state index contributed by atoms with van der Waals surface area (Å²) in [4.78, 5) is 0. The van der Waals surface area contributed by atoms with Crippen LogP contribution in [0.15, 0.2) is 194 Å². The maximum atomic E-state index is 3.83. The minimum absolute atomic E-state index is 0.0939. The molecule has 0 heterocycles. The van der Waals surface area contributed by atoms with Gasteiger partial charge in [-0.1, -0.05) is 153 Å². The maximum absolute atomic E-state index is 3.83. The second-order valence-electron chi connectivity index (χ2n) is 14.4. The van der Waals surface area contributed by atoms with Crippen molar-refractivity contribution >= 4 is 22.7 Å². The summed E-state index contributed by atoms with van der Waals surface area (Å²) >= 11 is 0. The summed E-state index contributed by atoms with van der Waals surface area (Å²) in [5.74, 6) is 0. The van der Waals surface area contributed by atoms with Crippen LogP contribution in [0.1, 0.15) is 25.0 Å². The van der Waals surface area contributed by atoms with Crippen LogP contribution in [0.5, 0.6) is 0 Å². The SMILES string of the molecule is CC1(C)c2ccccc2-c2ccc(-c3cc(-c4ccc(Nc5ccccc5)c(-c5ccccc5)c4)ccc3Nc3cccc(-c4ccccc4)c3)cc21. The van der Waals surface area contributed by atoms with Crippen LogP contribution in [-0.4, -0.2) is 0 Å². The second kappa shape index (κ2) is 13.5. The molecule has 0 unspecified atom stereocenters. The fourth-order valence-electron chi connectivity index (χ4n) is 7.87. The van der Waals surface area contributed by atoms with E-state index in [1.165, 1.54) is 44.5 Å². The topological polar surface area (TPSA) is 24.1 Å². The zero-order chi connectivity index (χ0) is 35.8. The quantitative estimate of drug-likeness (QED) is 0.167. The zero-order valence-corrected chi connectivity index (χ0v) is 30.0. The smallest absolute Gasteiger partial charge is 0.0464 e. The lowest BCUT2D eigenvalue weighted by Gasteiger charge is -2.22. The number of para-hydroxylation sites is 1. The van der Waals surface area contributed by atoms with Crippen molar-refractivity contribution in [3.63, 3.8) is 0 Å². The van der Waals surface area contributed by atoms with Gasteiger partial charge in [0.25, 0.3) is 0 Å². The third-order valence-electron chi connectivity index (χ3n) is 10.7. The fraction of sp³-hybridized carbons (Fsp3) is 0.0588. The monoisotopic (exact) mass is 680 g/mol. The summed E-state index contributed by atoms with van der Waals surface area (Å²) in [5, 5.41) is 7.50. The minimum atomic E-state index is -0.0939. The minimum Gasteiger partial charge on any atom is -0.355 e. The van der Waals surface area contributed by atoms with E-state index < -0.39 is 0 Å². The molecule has 2 heteroatoms. The van der Waals surface area contributed by atoms with E-state index in [-0.39, 0.29) is 5.41 Å². The summed E-state index contributed by atoms with van der Waals surface area (Å²) in [6.07, 6.45) is 0. The molecule has 9 rings (SSSR count). The predicted octanol–water partition coefficient (Wildman–Crippen LogP) is 14.1. The van der Waals surface area contributed by atoms with E-state index in [0.29, 0.717) is 0 Å². The van der Waals surface area contributed by atoms with Crippen LogP contribution in [0.4, 0.5) is 22.7 Å². The number of benzene rings is 8. The fourth-order valence-corrected chi connectivity index (χ4v) is 7.87. The Bertz CT molecular complexity index is 2570. The highest BCUT2D eigenvalue weighted by molar-refractivity contribution is 5.91. The molecule has 0 saturated carbocycles. The van der Waals surface area contributed by atoms with Crippen LogP contribution in [0.25, 0.3) is 55.6 Å². The number of nitrogens with one attached hydrogen (secondary N) is 2. The van der Waals surface area contributed by atoms with E-state index in [1.54, 1.807) is 0 Å². The van der Waals surface area contributed by atoms with Gasteiger partial charge < -0.3 is 10.6 Å². The highest BCUT2D eigenvalue weighted by Crippen LogP contribution is 2.50. The van der Waals surface area contributed by atoms with Gasteiger partial charge in [0.05, 0.1) is 0 Å². The molecule has 0 aliphatic heterocycles. The van der Waals surface area contributed by atoms with Crippen molar-refractivity contribution in [2.75, 3.05) is 10.6 Å². The Labute approximate surface area is 312 Å². The third-order valence-corrected chi connectivity index (χ3v) is 10.7. The lowest BCUT2D eigenvalue weighted by Crippen LogP contribution is -2.14. The van der Waals surface area contributed by atoms with Gasteiger partial charge in [-0.3, -0.25) is 0 Å². The number of fused-ring (bicyclic) bond motifs is 3. The van der Waals surface area contributed by atoms with Crippen LogP contribution in [0, 0.1) is 0 Å². The molecule has 0 amide bonds. The largest absolute Gasteiger partial charge is 0.355 e. The number of rotatable bonds is 8. The van der Waals surface area contributed by atoms with Crippen molar-refractivity contribution in [2.45, 2.75) is 19.3 Å². The van der Waals surface area contributed by atoms with Gasteiger partial charge in [0.2, 0.25) is 0 Å². The number of anilines is 4. The Morgan fingerprint density at radius 3 is 1.49 bits per heavy atom. The van der Waals surface area contributed by atoms with Gasteiger partial charge in [0.1, 0.15) is 0 Å². The first-order valence-electron chi connectivity index (χ1n) is 18.3. The molecule has 0 saturated heterocycles. The van der Waals surface area contributed by atoms with E-state index in [9.17, 15) is 0 Å². The zero-order valence-electron chi connectivity index (χ0n) is 30.0. The first-order chi connectivity index (χ1) is 26.0. The van der Waals surface area contributed by atoms with Crippen LogP contribution < -0.4 is 10.6 Å². The Morgan fingerprint density at radius 1 is 0.302 bits per heavy atom.